The summed E-state index contributed by atoms with van der Waals surface area (Å²) in [7, 11) is 0. The highest BCUT2D eigenvalue weighted by molar-refractivity contribution is 5.70. The maximum atomic E-state index is 14.9. The second-order valence-corrected chi connectivity index (χ2v) is 8.00. The molecule has 0 fully saturated rings. The molecule has 1 heterocycles. The molecule has 182 valence electrons. The molecule has 0 radical (unpaired) electrons. The molecule has 0 aliphatic carbocycles. The fourth-order valence-electron chi connectivity index (χ4n) is 3.65. The minimum absolute atomic E-state index is 0.143. The van der Waals surface area contributed by atoms with Crippen LogP contribution in [0.2, 0.25) is 0 Å². The molecule has 4 aromatic rings. The highest BCUT2D eigenvalue weighted by atomic mass is 19.4. The largest absolute Gasteiger partial charge is 0.458 e. The van der Waals surface area contributed by atoms with E-state index in [1.54, 1.807) is 12.4 Å². The molecule has 0 aliphatic rings. The van der Waals surface area contributed by atoms with E-state index in [1.165, 1.54) is 23.6 Å². The summed E-state index contributed by atoms with van der Waals surface area (Å²) in [5.74, 6) is -0.954. The standard InChI is InChI=1S/C28H18F6N2/c1-2-3-17-4-6-18(7-5-17)21-15-35-27(36-16-21)19-8-9-22(24(29)12-19)20-13-25(30)23(26(31)14-20)10-11-28(32,33)34/h4-9,12-16H,2-3H2,1H3. The number of benzene rings is 3. The average Bonchev–Trinajstić information content (AvgIpc) is 2.83. The van der Waals surface area contributed by atoms with Gasteiger partial charge in [-0.1, -0.05) is 55.7 Å². The van der Waals surface area contributed by atoms with Crippen molar-refractivity contribution in [3.05, 3.63) is 95.6 Å². The van der Waals surface area contributed by atoms with Crippen molar-refractivity contribution in [2.75, 3.05) is 0 Å². The van der Waals surface area contributed by atoms with E-state index in [9.17, 15) is 26.3 Å². The zero-order valence-electron chi connectivity index (χ0n) is 18.9. The third kappa shape index (κ3) is 5.74. The molecule has 0 N–H and O–H groups in total. The van der Waals surface area contributed by atoms with Crippen LogP contribution in [0.15, 0.2) is 67.0 Å². The summed E-state index contributed by atoms with van der Waals surface area (Å²) in [4.78, 5) is 8.61. The van der Waals surface area contributed by atoms with E-state index >= 15 is 0 Å². The molecule has 0 unspecified atom stereocenters. The number of halogens is 6. The molecule has 0 saturated heterocycles. The van der Waals surface area contributed by atoms with Crippen LogP contribution >= 0.6 is 0 Å². The summed E-state index contributed by atoms with van der Waals surface area (Å²) in [5, 5.41) is 0. The minimum Gasteiger partial charge on any atom is -0.236 e. The topological polar surface area (TPSA) is 25.8 Å². The number of nitrogens with zero attached hydrogens (tertiary/aromatic N) is 2. The summed E-state index contributed by atoms with van der Waals surface area (Å²) in [6.45, 7) is 2.11. The predicted molar refractivity (Wildman–Crippen MR) is 125 cm³/mol. The Balaban J connectivity index is 1.58. The first-order valence-corrected chi connectivity index (χ1v) is 10.9. The van der Waals surface area contributed by atoms with Gasteiger partial charge in [-0.3, -0.25) is 0 Å². The molecule has 2 nitrogen and oxygen atoms in total. The average molecular weight is 496 g/mol. The van der Waals surface area contributed by atoms with Gasteiger partial charge in [0.2, 0.25) is 0 Å². The lowest BCUT2D eigenvalue weighted by molar-refractivity contribution is -0.0696. The molecule has 0 bridgehead atoms. The van der Waals surface area contributed by atoms with Crippen LogP contribution in [0.4, 0.5) is 26.3 Å². The molecule has 8 heteroatoms. The number of aryl methyl sites for hydroxylation is 1. The van der Waals surface area contributed by atoms with Crippen molar-refractivity contribution in [1.29, 1.82) is 0 Å². The lowest BCUT2D eigenvalue weighted by Gasteiger charge is -2.09. The number of rotatable bonds is 5. The van der Waals surface area contributed by atoms with Crippen LogP contribution in [-0.4, -0.2) is 16.1 Å². The quantitative estimate of drug-likeness (QED) is 0.208. The zero-order valence-corrected chi connectivity index (χ0v) is 18.9. The van der Waals surface area contributed by atoms with Crippen LogP contribution < -0.4 is 0 Å². The van der Waals surface area contributed by atoms with Gasteiger partial charge in [-0.15, -0.1) is 0 Å². The first-order chi connectivity index (χ1) is 17.1. The molecule has 0 amide bonds. The third-order valence-corrected chi connectivity index (χ3v) is 5.39. The number of aromatic nitrogens is 2. The van der Waals surface area contributed by atoms with E-state index < -0.39 is 29.2 Å². The summed E-state index contributed by atoms with van der Waals surface area (Å²) in [6.07, 6.45) is 0.382. The lowest BCUT2D eigenvalue weighted by atomic mass is 10.0. The molecule has 0 saturated carbocycles. The van der Waals surface area contributed by atoms with Gasteiger partial charge in [-0.25, -0.2) is 23.1 Å². The van der Waals surface area contributed by atoms with Gasteiger partial charge in [0.05, 0.1) is 5.56 Å². The molecule has 0 atom stereocenters. The third-order valence-electron chi connectivity index (χ3n) is 5.39. The van der Waals surface area contributed by atoms with Gasteiger partial charge in [-0.05, 0) is 41.3 Å². The maximum absolute atomic E-state index is 14.9. The van der Waals surface area contributed by atoms with Crippen LogP contribution in [0, 0.1) is 29.3 Å². The van der Waals surface area contributed by atoms with Gasteiger partial charge in [0.1, 0.15) is 17.5 Å². The van der Waals surface area contributed by atoms with Gasteiger partial charge < -0.3 is 0 Å². The van der Waals surface area contributed by atoms with E-state index in [1.807, 2.05) is 24.3 Å². The van der Waals surface area contributed by atoms with Gasteiger partial charge in [0.25, 0.3) is 0 Å². The fourth-order valence-corrected chi connectivity index (χ4v) is 3.65. The Morgan fingerprint density at radius 3 is 1.86 bits per heavy atom. The fraction of sp³-hybridized carbons (Fsp3) is 0.143. The predicted octanol–water partition coefficient (Wildman–Crippen LogP) is 7.76. The Bertz CT molecular complexity index is 1420. The lowest BCUT2D eigenvalue weighted by Crippen LogP contribution is -2.02. The van der Waals surface area contributed by atoms with Gasteiger partial charge in [-0.2, -0.15) is 13.2 Å². The van der Waals surface area contributed by atoms with Gasteiger partial charge in [0.15, 0.2) is 5.82 Å². The van der Waals surface area contributed by atoms with Crippen LogP contribution in [0.25, 0.3) is 33.6 Å². The molecule has 3 aromatic carbocycles. The summed E-state index contributed by atoms with van der Waals surface area (Å²) in [5.41, 5.74) is 1.94. The van der Waals surface area contributed by atoms with Gasteiger partial charge in [0, 0.05) is 35.0 Å². The number of hydrogen-bond acceptors (Lipinski definition) is 2. The van der Waals surface area contributed by atoms with E-state index in [-0.39, 0.29) is 17.0 Å². The van der Waals surface area contributed by atoms with E-state index in [0.29, 0.717) is 5.56 Å². The first kappa shape index (κ1) is 25.0. The first-order valence-electron chi connectivity index (χ1n) is 10.9. The molecule has 4 rings (SSSR count). The van der Waals surface area contributed by atoms with Crippen molar-refractivity contribution < 1.29 is 26.3 Å². The van der Waals surface area contributed by atoms with Crippen molar-refractivity contribution in [3.8, 4) is 45.5 Å². The Morgan fingerprint density at radius 2 is 1.31 bits per heavy atom. The second-order valence-electron chi connectivity index (χ2n) is 8.00. The Hall–Kier alpha value is -4.12. The van der Waals surface area contributed by atoms with Crippen LogP contribution in [0.1, 0.15) is 24.5 Å². The van der Waals surface area contributed by atoms with Crippen LogP contribution in [0.5, 0.6) is 0 Å². The number of hydrogen-bond donors (Lipinski definition) is 0. The zero-order chi connectivity index (χ0) is 25.9. The van der Waals surface area contributed by atoms with Crippen molar-refractivity contribution in [2.45, 2.75) is 25.9 Å². The molecule has 0 aliphatic heterocycles. The van der Waals surface area contributed by atoms with Crippen molar-refractivity contribution in [1.82, 2.24) is 9.97 Å². The molecular formula is C28H18F6N2. The van der Waals surface area contributed by atoms with E-state index in [4.69, 9.17) is 0 Å². The monoisotopic (exact) mass is 496 g/mol. The smallest absolute Gasteiger partial charge is 0.236 e. The Labute approximate surface area is 203 Å². The van der Waals surface area contributed by atoms with Crippen LogP contribution in [-0.2, 0) is 6.42 Å². The summed E-state index contributed by atoms with van der Waals surface area (Å²) < 4.78 is 80.1. The van der Waals surface area contributed by atoms with E-state index in [0.717, 1.165) is 48.1 Å². The minimum atomic E-state index is -4.90. The van der Waals surface area contributed by atoms with E-state index in [2.05, 4.69) is 16.9 Å². The van der Waals surface area contributed by atoms with Crippen molar-refractivity contribution >= 4 is 0 Å². The summed E-state index contributed by atoms with van der Waals surface area (Å²) >= 11 is 0. The molecule has 36 heavy (non-hydrogen) atoms. The van der Waals surface area contributed by atoms with Gasteiger partial charge >= 0.3 is 6.18 Å². The normalized spacial score (nSPS) is 11.2. The molecular weight excluding hydrogens is 478 g/mol. The van der Waals surface area contributed by atoms with Crippen molar-refractivity contribution in [2.24, 2.45) is 0 Å². The van der Waals surface area contributed by atoms with Crippen LogP contribution in [0.3, 0.4) is 0 Å². The highest BCUT2D eigenvalue weighted by Gasteiger charge is 2.24. The number of alkyl halides is 3. The Morgan fingerprint density at radius 1 is 0.722 bits per heavy atom. The second kappa shape index (κ2) is 10.2. The SMILES string of the molecule is CCCc1ccc(-c2cnc(-c3ccc(-c4cc(F)c(C#CC(F)(F)F)c(F)c4)c(F)c3)nc2)cc1. The van der Waals surface area contributed by atoms with Crippen molar-refractivity contribution in [3.63, 3.8) is 0 Å². The molecule has 1 aromatic heterocycles. The summed E-state index contributed by atoms with van der Waals surface area (Å²) in [6, 6.07) is 13.4. The Kier molecular flexibility index (Phi) is 7.11. The molecule has 0 spiro atoms. The highest BCUT2D eigenvalue weighted by Crippen LogP contribution is 2.30. The maximum Gasteiger partial charge on any atom is 0.458 e.